The fraction of sp³-hybridized carbons (Fsp3) is 0.348. The number of nitrogens with one attached hydrogen (secondary N) is 1. The second-order valence-electron chi connectivity index (χ2n) is 7.58. The van der Waals surface area contributed by atoms with E-state index in [0.717, 1.165) is 44.0 Å². The number of carbonyl (C=O) groups excluding carboxylic acids is 1. The molecule has 0 saturated carbocycles. The van der Waals surface area contributed by atoms with Gasteiger partial charge in [-0.25, -0.2) is 4.68 Å². The molecule has 8 nitrogen and oxygen atoms in total. The van der Waals surface area contributed by atoms with Gasteiger partial charge >= 0.3 is 0 Å². The van der Waals surface area contributed by atoms with E-state index in [2.05, 4.69) is 32.3 Å². The van der Waals surface area contributed by atoms with Gasteiger partial charge in [0.25, 0.3) is 11.5 Å². The van der Waals surface area contributed by atoms with E-state index in [4.69, 9.17) is 4.74 Å². The highest BCUT2D eigenvalue weighted by Crippen LogP contribution is 2.21. The van der Waals surface area contributed by atoms with E-state index in [0.29, 0.717) is 17.4 Å². The molecular weight excluding hydrogens is 394 g/mol. The Labute approximate surface area is 181 Å². The van der Waals surface area contributed by atoms with Crippen molar-refractivity contribution in [2.24, 2.45) is 0 Å². The Balaban J connectivity index is 1.54. The van der Waals surface area contributed by atoms with Crippen LogP contribution in [0.25, 0.3) is 10.8 Å². The summed E-state index contributed by atoms with van der Waals surface area (Å²) in [7, 11) is 3.23. The third-order valence-electron chi connectivity index (χ3n) is 5.67. The molecule has 0 atom stereocenters. The molecule has 1 saturated heterocycles. The monoisotopic (exact) mass is 421 g/mol. The minimum absolute atomic E-state index is 0.181. The highest BCUT2D eigenvalue weighted by atomic mass is 16.5. The molecule has 0 unspecified atom stereocenters. The van der Waals surface area contributed by atoms with Gasteiger partial charge in [-0.3, -0.25) is 14.5 Å². The lowest BCUT2D eigenvalue weighted by molar-refractivity contribution is 0.0956. The van der Waals surface area contributed by atoms with E-state index in [1.54, 1.807) is 32.4 Å². The summed E-state index contributed by atoms with van der Waals surface area (Å²) in [5.41, 5.74) is 1.25. The van der Waals surface area contributed by atoms with Crippen LogP contribution in [-0.2, 0) is 6.67 Å². The van der Waals surface area contributed by atoms with Crippen LogP contribution in [0.15, 0.2) is 53.3 Å². The summed E-state index contributed by atoms with van der Waals surface area (Å²) in [5.74, 6) is 0.542. The second-order valence-corrected chi connectivity index (χ2v) is 7.58. The smallest absolute Gasteiger partial charge is 0.275 e. The number of carbonyl (C=O) groups is 1. The van der Waals surface area contributed by atoms with Crippen LogP contribution in [0.2, 0.25) is 0 Å². The predicted octanol–water partition coefficient (Wildman–Crippen LogP) is 1.93. The molecule has 0 bridgehead atoms. The lowest BCUT2D eigenvalue weighted by atomic mass is 10.1. The van der Waals surface area contributed by atoms with Crippen LogP contribution >= 0.6 is 0 Å². The minimum atomic E-state index is -0.300. The molecular formula is C23H27N5O3. The average Bonchev–Trinajstić information content (AvgIpc) is 3.06. The summed E-state index contributed by atoms with van der Waals surface area (Å²) < 4.78 is 6.66. The van der Waals surface area contributed by atoms with Crippen molar-refractivity contribution in [3.63, 3.8) is 0 Å². The van der Waals surface area contributed by atoms with Crippen molar-refractivity contribution in [1.29, 1.82) is 0 Å². The fourth-order valence-electron chi connectivity index (χ4n) is 3.97. The number of anilines is 1. The standard InChI is InChI=1S/C23H27N5O3/c1-24-22(29)21-19-6-3-4-7-20(19)23(30)28(25-21)16-26-12-5-13-27(15-14-26)17-8-10-18(31-2)11-9-17/h3-4,6-11H,5,12-16H2,1-2H3,(H,24,29). The Kier molecular flexibility index (Phi) is 6.18. The summed E-state index contributed by atoms with van der Waals surface area (Å²) in [6.07, 6.45) is 0.969. The summed E-state index contributed by atoms with van der Waals surface area (Å²) in [4.78, 5) is 29.9. The third kappa shape index (κ3) is 4.39. The number of methoxy groups -OCH3 is 1. The Morgan fingerprint density at radius 3 is 2.48 bits per heavy atom. The van der Waals surface area contributed by atoms with Gasteiger partial charge in [0.05, 0.1) is 19.2 Å². The van der Waals surface area contributed by atoms with Crippen molar-refractivity contribution >= 4 is 22.4 Å². The highest BCUT2D eigenvalue weighted by molar-refractivity contribution is 6.04. The molecule has 0 spiro atoms. The highest BCUT2D eigenvalue weighted by Gasteiger charge is 2.19. The molecule has 2 aromatic carbocycles. The van der Waals surface area contributed by atoms with Gasteiger partial charge in [-0.1, -0.05) is 18.2 Å². The Hall–Kier alpha value is -3.39. The first-order valence-electron chi connectivity index (χ1n) is 10.4. The van der Waals surface area contributed by atoms with Gasteiger partial charge in [0.15, 0.2) is 5.69 Å². The number of amides is 1. The van der Waals surface area contributed by atoms with Gasteiger partial charge in [-0.05, 0) is 36.8 Å². The summed E-state index contributed by atoms with van der Waals surface area (Å²) >= 11 is 0. The van der Waals surface area contributed by atoms with Crippen molar-refractivity contribution < 1.29 is 9.53 Å². The first-order valence-corrected chi connectivity index (χ1v) is 10.4. The van der Waals surface area contributed by atoms with Gasteiger partial charge in [0.1, 0.15) is 5.75 Å². The summed E-state index contributed by atoms with van der Waals surface area (Å²) in [6, 6.07) is 15.2. The van der Waals surface area contributed by atoms with Gasteiger partial charge in [0.2, 0.25) is 0 Å². The number of hydrogen-bond acceptors (Lipinski definition) is 6. The van der Waals surface area contributed by atoms with Crippen LogP contribution in [0.3, 0.4) is 0 Å². The van der Waals surface area contributed by atoms with E-state index in [1.807, 2.05) is 18.2 Å². The van der Waals surface area contributed by atoms with E-state index >= 15 is 0 Å². The average molecular weight is 422 g/mol. The molecule has 0 radical (unpaired) electrons. The van der Waals surface area contributed by atoms with E-state index < -0.39 is 0 Å². The van der Waals surface area contributed by atoms with Crippen LogP contribution < -0.4 is 20.5 Å². The maximum Gasteiger partial charge on any atom is 0.275 e. The number of fused-ring (bicyclic) bond motifs is 1. The maximum absolute atomic E-state index is 13.0. The van der Waals surface area contributed by atoms with E-state index in [-0.39, 0.29) is 17.2 Å². The number of ether oxygens (including phenoxy) is 1. The quantitative estimate of drug-likeness (QED) is 0.678. The molecule has 31 heavy (non-hydrogen) atoms. The van der Waals surface area contributed by atoms with E-state index in [9.17, 15) is 9.59 Å². The number of aromatic nitrogens is 2. The van der Waals surface area contributed by atoms with Crippen LogP contribution in [0.4, 0.5) is 5.69 Å². The molecule has 3 aromatic rings. The van der Waals surface area contributed by atoms with Crippen molar-refractivity contribution in [3.8, 4) is 5.75 Å². The van der Waals surface area contributed by atoms with Crippen LogP contribution in [0.1, 0.15) is 16.9 Å². The first kappa shape index (κ1) is 20.9. The molecule has 1 aliphatic heterocycles. The number of nitrogens with zero attached hydrogens (tertiary/aromatic N) is 4. The van der Waals surface area contributed by atoms with Gasteiger partial charge in [-0.15, -0.1) is 0 Å². The van der Waals surface area contributed by atoms with Gasteiger partial charge in [0, 0.05) is 44.3 Å². The fourth-order valence-corrected chi connectivity index (χ4v) is 3.97. The molecule has 1 aliphatic rings. The molecule has 8 heteroatoms. The zero-order valence-electron chi connectivity index (χ0n) is 17.9. The lowest BCUT2D eigenvalue weighted by Crippen LogP contribution is -2.38. The number of rotatable bonds is 5. The van der Waals surface area contributed by atoms with Crippen LogP contribution in [0.5, 0.6) is 5.75 Å². The molecule has 1 N–H and O–H groups in total. The zero-order valence-corrected chi connectivity index (χ0v) is 17.9. The Bertz CT molecular complexity index is 1130. The Morgan fingerprint density at radius 1 is 1.03 bits per heavy atom. The lowest BCUT2D eigenvalue weighted by Gasteiger charge is -2.24. The molecule has 1 aromatic heterocycles. The maximum atomic E-state index is 13.0. The largest absolute Gasteiger partial charge is 0.497 e. The third-order valence-corrected chi connectivity index (χ3v) is 5.67. The number of benzene rings is 2. The molecule has 2 heterocycles. The Morgan fingerprint density at radius 2 is 1.77 bits per heavy atom. The molecule has 4 rings (SSSR count). The zero-order chi connectivity index (χ0) is 21.8. The molecule has 0 aliphatic carbocycles. The number of hydrogen-bond donors (Lipinski definition) is 1. The van der Waals surface area contributed by atoms with Crippen molar-refractivity contribution in [2.45, 2.75) is 13.1 Å². The summed E-state index contributed by atoms with van der Waals surface area (Å²) in [6.45, 7) is 3.78. The molecule has 162 valence electrons. The van der Waals surface area contributed by atoms with Gasteiger partial charge in [-0.2, -0.15) is 5.10 Å². The first-order chi connectivity index (χ1) is 15.1. The molecule has 1 amide bonds. The van der Waals surface area contributed by atoms with Crippen LogP contribution in [-0.4, -0.2) is 60.9 Å². The van der Waals surface area contributed by atoms with Crippen molar-refractivity contribution in [1.82, 2.24) is 20.0 Å². The second kappa shape index (κ2) is 9.18. The van der Waals surface area contributed by atoms with Crippen LogP contribution in [0, 0.1) is 0 Å². The van der Waals surface area contributed by atoms with Crippen molar-refractivity contribution in [2.75, 3.05) is 45.2 Å². The van der Waals surface area contributed by atoms with E-state index in [1.165, 1.54) is 4.68 Å². The van der Waals surface area contributed by atoms with Crippen molar-refractivity contribution in [3.05, 3.63) is 64.6 Å². The molecule has 1 fully saturated rings. The summed E-state index contributed by atoms with van der Waals surface area (Å²) in [5, 5.41) is 8.11. The normalized spacial score (nSPS) is 15.0. The topological polar surface area (TPSA) is 79.7 Å². The predicted molar refractivity (Wildman–Crippen MR) is 121 cm³/mol. The minimum Gasteiger partial charge on any atom is -0.497 e. The SMILES string of the molecule is CNC(=O)c1nn(CN2CCCN(c3ccc(OC)cc3)CC2)c(=O)c2ccccc12. The van der Waals surface area contributed by atoms with Gasteiger partial charge < -0.3 is 15.0 Å².